The molecule has 30 heavy (non-hydrogen) atoms. The van der Waals surface area contributed by atoms with E-state index in [-0.39, 0.29) is 0 Å². The molecular weight excluding hydrogens is 388 g/mol. The molecule has 156 valence electrons. The number of thiophene rings is 1. The Bertz CT molecular complexity index is 950. The van der Waals surface area contributed by atoms with E-state index in [1.807, 2.05) is 0 Å². The van der Waals surface area contributed by atoms with Gasteiger partial charge in [-0.2, -0.15) is 11.3 Å². The Kier molecular flexibility index (Phi) is 5.53. The van der Waals surface area contributed by atoms with Crippen molar-refractivity contribution in [3.8, 4) is 5.75 Å². The Morgan fingerprint density at radius 1 is 0.967 bits per heavy atom. The molecule has 3 aromatic rings. The molecule has 3 aliphatic heterocycles. The van der Waals surface area contributed by atoms with Crippen LogP contribution in [0.2, 0.25) is 0 Å². The molecule has 6 rings (SSSR count). The van der Waals surface area contributed by atoms with Crippen molar-refractivity contribution in [3.05, 3.63) is 82.6 Å². The van der Waals surface area contributed by atoms with E-state index in [4.69, 9.17) is 4.74 Å². The minimum absolute atomic E-state index is 0.378. The molecule has 3 nitrogen and oxygen atoms in total. The molecule has 0 N–H and O–H groups in total. The van der Waals surface area contributed by atoms with Gasteiger partial charge in [-0.15, -0.1) is 0 Å². The van der Waals surface area contributed by atoms with E-state index in [2.05, 4.69) is 88.3 Å². The minimum Gasteiger partial charge on any atom is -0.495 e. The van der Waals surface area contributed by atoms with Crippen LogP contribution in [0.15, 0.2) is 71.4 Å². The molecule has 0 unspecified atom stereocenters. The van der Waals surface area contributed by atoms with E-state index in [9.17, 15) is 0 Å². The molecule has 3 saturated heterocycles. The summed E-state index contributed by atoms with van der Waals surface area (Å²) in [7, 11) is 4.05. The van der Waals surface area contributed by atoms with Crippen molar-refractivity contribution in [1.82, 2.24) is 4.90 Å². The Balaban J connectivity index is 1.60. The highest BCUT2D eigenvalue weighted by molar-refractivity contribution is 7.08. The fourth-order valence-corrected chi connectivity index (χ4v) is 6.48. The van der Waals surface area contributed by atoms with Crippen LogP contribution < -0.4 is 9.64 Å². The highest BCUT2D eigenvalue weighted by Crippen LogP contribution is 2.46. The van der Waals surface area contributed by atoms with Gasteiger partial charge in [0.05, 0.1) is 12.8 Å². The molecule has 0 saturated carbocycles. The van der Waals surface area contributed by atoms with E-state index < -0.39 is 0 Å². The molecule has 2 aromatic carbocycles. The third-order valence-corrected chi connectivity index (χ3v) is 7.85. The molecule has 0 radical (unpaired) electrons. The molecule has 0 amide bonds. The third-order valence-electron chi connectivity index (χ3n) is 7.14. The van der Waals surface area contributed by atoms with E-state index in [0.717, 1.165) is 5.75 Å². The lowest BCUT2D eigenvalue weighted by Crippen LogP contribution is -2.65. The number of piperidine rings is 3. The molecule has 1 aromatic heterocycles. The van der Waals surface area contributed by atoms with Crippen LogP contribution in [0.1, 0.15) is 29.9 Å². The number of hydrogen-bond acceptors (Lipinski definition) is 4. The highest BCUT2D eigenvalue weighted by Gasteiger charge is 2.48. The second kappa shape index (κ2) is 8.44. The van der Waals surface area contributed by atoms with Crippen LogP contribution >= 0.6 is 11.3 Å². The molecular formula is C26H30N2OS. The van der Waals surface area contributed by atoms with Crippen LogP contribution in [0.5, 0.6) is 5.75 Å². The van der Waals surface area contributed by atoms with Crippen molar-refractivity contribution in [2.45, 2.75) is 30.8 Å². The molecule has 0 aliphatic carbocycles. The fourth-order valence-electron chi connectivity index (χ4n) is 5.79. The minimum atomic E-state index is 0.378. The normalized spacial score (nSPS) is 26.3. The lowest BCUT2D eigenvalue weighted by atomic mass is 9.70. The number of anilines is 1. The van der Waals surface area contributed by atoms with Crippen molar-refractivity contribution in [2.24, 2.45) is 5.92 Å². The van der Waals surface area contributed by atoms with Crippen molar-refractivity contribution < 1.29 is 4.74 Å². The zero-order valence-electron chi connectivity index (χ0n) is 17.8. The Morgan fingerprint density at radius 3 is 2.40 bits per heavy atom. The standard InChI is InChI=1S/C26H30N2OS/c1-27(22-10-6-7-11-23(22)29-2)25-20-12-15-28(16-13-20)26(25)24(21-14-17-30-18-21)19-8-4-3-5-9-19/h3-11,14,17-18,20,24-26H,12-13,15-16H2,1-2H3/t24-,25+,26+/m0/s1. The lowest BCUT2D eigenvalue weighted by Gasteiger charge is -2.56. The van der Waals surface area contributed by atoms with Gasteiger partial charge >= 0.3 is 0 Å². The largest absolute Gasteiger partial charge is 0.495 e. The number of para-hydroxylation sites is 2. The summed E-state index contributed by atoms with van der Waals surface area (Å²) in [4.78, 5) is 5.27. The van der Waals surface area contributed by atoms with Gasteiger partial charge in [-0.25, -0.2) is 0 Å². The second-order valence-corrected chi connectivity index (χ2v) is 9.36. The van der Waals surface area contributed by atoms with Crippen LogP contribution in [0, 0.1) is 5.92 Å². The number of rotatable bonds is 6. The van der Waals surface area contributed by atoms with E-state index in [1.165, 1.54) is 42.7 Å². The Hall–Kier alpha value is -2.30. The quantitative estimate of drug-likeness (QED) is 0.527. The number of hydrogen-bond donors (Lipinski definition) is 0. The summed E-state index contributed by atoms with van der Waals surface area (Å²) in [6, 6.07) is 22.8. The van der Waals surface area contributed by atoms with Crippen molar-refractivity contribution in [2.75, 3.05) is 32.1 Å². The maximum Gasteiger partial charge on any atom is 0.142 e. The van der Waals surface area contributed by atoms with Crippen LogP contribution in [-0.4, -0.2) is 44.2 Å². The van der Waals surface area contributed by atoms with Gasteiger partial charge in [0.15, 0.2) is 0 Å². The number of nitrogens with zero attached hydrogens (tertiary/aromatic N) is 2. The average molecular weight is 419 g/mol. The number of ether oxygens (including phenoxy) is 1. The number of likely N-dealkylation sites (N-methyl/N-ethyl adjacent to an activating group) is 1. The molecule has 3 atom stereocenters. The SMILES string of the molecule is COc1ccccc1N(C)[C@@H]1C2CCN(CC2)[C@@H]1[C@@H](c1ccccc1)c1ccsc1. The van der Waals surface area contributed by atoms with Gasteiger partial charge in [-0.05, 0) is 71.9 Å². The Morgan fingerprint density at radius 2 is 1.70 bits per heavy atom. The first-order chi connectivity index (χ1) is 14.8. The van der Waals surface area contributed by atoms with Gasteiger partial charge in [0.2, 0.25) is 0 Å². The van der Waals surface area contributed by atoms with Crippen LogP contribution in [0.25, 0.3) is 0 Å². The maximum atomic E-state index is 5.74. The van der Waals surface area contributed by atoms with Gasteiger partial charge in [0.25, 0.3) is 0 Å². The number of fused-ring (bicyclic) bond motifs is 3. The van der Waals surface area contributed by atoms with E-state index >= 15 is 0 Å². The molecule has 3 aliphatic rings. The summed E-state index contributed by atoms with van der Waals surface area (Å²) in [5.41, 5.74) is 4.06. The zero-order chi connectivity index (χ0) is 20.5. The van der Waals surface area contributed by atoms with Crippen LogP contribution in [0.4, 0.5) is 5.69 Å². The summed E-state index contributed by atoms with van der Waals surface area (Å²) in [5, 5.41) is 4.57. The molecule has 0 spiro atoms. The van der Waals surface area contributed by atoms with Gasteiger partial charge < -0.3 is 9.64 Å². The first kappa shape index (κ1) is 19.7. The fraction of sp³-hybridized carbons (Fsp3) is 0.385. The van der Waals surface area contributed by atoms with Crippen molar-refractivity contribution >= 4 is 17.0 Å². The first-order valence-corrected chi connectivity index (χ1v) is 11.9. The predicted molar refractivity (Wildman–Crippen MR) is 126 cm³/mol. The summed E-state index contributed by atoms with van der Waals surface area (Å²) in [6.45, 7) is 2.41. The molecule has 4 heterocycles. The molecule has 4 heteroatoms. The summed E-state index contributed by atoms with van der Waals surface area (Å²) < 4.78 is 5.74. The lowest BCUT2D eigenvalue weighted by molar-refractivity contribution is 0.0185. The van der Waals surface area contributed by atoms with E-state index in [1.54, 1.807) is 18.4 Å². The summed E-state index contributed by atoms with van der Waals surface area (Å²) in [5.74, 6) is 2.05. The Labute approximate surface area is 183 Å². The summed E-state index contributed by atoms with van der Waals surface area (Å²) >= 11 is 1.81. The van der Waals surface area contributed by atoms with Crippen LogP contribution in [0.3, 0.4) is 0 Å². The third kappa shape index (κ3) is 3.42. The topological polar surface area (TPSA) is 15.7 Å². The highest BCUT2D eigenvalue weighted by atomic mass is 32.1. The number of methoxy groups -OCH3 is 1. The van der Waals surface area contributed by atoms with Gasteiger partial charge in [-0.1, -0.05) is 42.5 Å². The first-order valence-electron chi connectivity index (χ1n) is 10.9. The second-order valence-electron chi connectivity index (χ2n) is 8.58. The van der Waals surface area contributed by atoms with Gasteiger partial charge in [-0.3, -0.25) is 4.90 Å². The van der Waals surface area contributed by atoms with Crippen molar-refractivity contribution in [3.63, 3.8) is 0 Å². The average Bonchev–Trinajstić information content (AvgIpc) is 3.34. The predicted octanol–water partition coefficient (Wildman–Crippen LogP) is 5.49. The number of benzene rings is 2. The summed E-state index contributed by atoms with van der Waals surface area (Å²) in [6.07, 6.45) is 2.57. The zero-order valence-corrected chi connectivity index (χ0v) is 18.6. The molecule has 2 bridgehead atoms. The van der Waals surface area contributed by atoms with Crippen molar-refractivity contribution in [1.29, 1.82) is 0 Å². The van der Waals surface area contributed by atoms with E-state index in [0.29, 0.717) is 23.9 Å². The monoisotopic (exact) mass is 418 g/mol. The maximum absolute atomic E-state index is 5.74. The smallest absolute Gasteiger partial charge is 0.142 e. The van der Waals surface area contributed by atoms with Crippen LogP contribution in [-0.2, 0) is 0 Å². The molecule has 3 fully saturated rings. The van der Waals surface area contributed by atoms with Gasteiger partial charge in [0, 0.05) is 25.0 Å². The van der Waals surface area contributed by atoms with Gasteiger partial charge in [0.1, 0.15) is 5.75 Å².